The fourth-order valence-corrected chi connectivity index (χ4v) is 3.12. The molecule has 3 N–H and O–H groups in total. The number of carbonyl (C=O) groups is 1. The lowest BCUT2D eigenvalue weighted by Crippen LogP contribution is -2.46. The van der Waals surface area contributed by atoms with Crippen LogP contribution in [0.15, 0.2) is 5.38 Å². The Morgan fingerprint density at radius 1 is 1.52 bits per heavy atom. The molecule has 0 fully saturated rings. The Morgan fingerprint density at radius 3 is 2.68 bits per heavy atom. The Kier molecular flexibility index (Phi) is 5.64. The number of thiazole rings is 1. The van der Waals surface area contributed by atoms with Gasteiger partial charge in [0.25, 0.3) is 0 Å². The van der Waals surface area contributed by atoms with Crippen molar-refractivity contribution >= 4 is 29.5 Å². The molecule has 2 heterocycles. The third-order valence-corrected chi connectivity index (χ3v) is 4.98. The molecule has 1 unspecified atom stereocenters. The van der Waals surface area contributed by atoms with Crippen LogP contribution in [0.5, 0.6) is 0 Å². The van der Waals surface area contributed by atoms with Crippen LogP contribution in [0.4, 0.5) is 13.2 Å². The van der Waals surface area contributed by atoms with Crippen molar-refractivity contribution in [1.29, 1.82) is 0 Å². The molecule has 12 heteroatoms. The maximum Gasteiger partial charge on any atom is 0.424 e. The highest BCUT2D eigenvalue weighted by molar-refractivity contribution is 7.71. The molecule has 0 aliphatic carbocycles. The summed E-state index contributed by atoms with van der Waals surface area (Å²) in [6.45, 7) is 1.56. The molecule has 0 aliphatic heterocycles. The first-order valence-corrected chi connectivity index (χ1v) is 8.42. The normalized spacial score (nSPS) is 14.3. The molecular formula is C13H16F3N5O2S2. The average molecular weight is 395 g/mol. The van der Waals surface area contributed by atoms with Crippen molar-refractivity contribution < 1.29 is 23.1 Å². The van der Waals surface area contributed by atoms with Gasteiger partial charge in [0, 0.05) is 31.1 Å². The number of rotatable bonds is 6. The Labute approximate surface area is 149 Å². The maximum atomic E-state index is 13.3. The topological polar surface area (TPSA) is 95.8 Å². The number of aliphatic hydroxyl groups is 1. The van der Waals surface area contributed by atoms with Crippen LogP contribution in [-0.4, -0.2) is 43.5 Å². The van der Waals surface area contributed by atoms with E-state index < -0.39 is 29.1 Å². The van der Waals surface area contributed by atoms with Crippen LogP contribution >= 0.6 is 23.6 Å². The summed E-state index contributed by atoms with van der Waals surface area (Å²) in [6.07, 6.45) is -5.92. The van der Waals surface area contributed by atoms with Crippen LogP contribution in [0.2, 0.25) is 0 Å². The van der Waals surface area contributed by atoms with Gasteiger partial charge in [0.1, 0.15) is 10.8 Å². The number of hydrogen-bond acceptors (Lipinski definition) is 6. The molecule has 0 spiro atoms. The Balaban J connectivity index is 2.03. The molecule has 0 radical (unpaired) electrons. The smallest absolute Gasteiger partial charge is 0.374 e. The van der Waals surface area contributed by atoms with E-state index in [9.17, 15) is 23.1 Å². The monoisotopic (exact) mass is 395 g/mol. The SMILES string of the molecule is Cc1csc(C(O)(CC(=O)NCCc2n[nH]c(=S)n2C)C(F)(F)F)n1. The molecular weight excluding hydrogens is 379 g/mol. The molecule has 0 bridgehead atoms. The number of H-pyrrole nitrogens is 1. The van der Waals surface area contributed by atoms with Crippen LogP contribution in [0.1, 0.15) is 22.9 Å². The minimum atomic E-state index is -5.03. The largest absolute Gasteiger partial charge is 0.424 e. The van der Waals surface area contributed by atoms with E-state index in [0.29, 0.717) is 27.6 Å². The minimum Gasteiger partial charge on any atom is -0.374 e. The lowest BCUT2D eigenvalue weighted by atomic mass is 9.99. The number of aromatic nitrogens is 4. The van der Waals surface area contributed by atoms with Crippen molar-refractivity contribution in [3.05, 3.63) is 26.7 Å². The highest BCUT2D eigenvalue weighted by atomic mass is 32.1. The van der Waals surface area contributed by atoms with E-state index >= 15 is 0 Å². The van der Waals surface area contributed by atoms with Gasteiger partial charge in [0.2, 0.25) is 11.5 Å². The first-order chi connectivity index (χ1) is 11.5. The molecule has 0 saturated carbocycles. The zero-order valence-electron chi connectivity index (χ0n) is 13.3. The van der Waals surface area contributed by atoms with Crippen molar-refractivity contribution in [3.8, 4) is 0 Å². The second kappa shape index (κ2) is 7.22. The predicted molar refractivity (Wildman–Crippen MR) is 86.5 cm³/mol. The third kappa shape index (κ3) is 4.25. The molecule has 0 aromatic carbocycles. The number of carbonyl (C=O) groups excluding carboxylic acids is 1. The number of aromatic amines is 1. The molecule has 1 atom stereocenters. The molecule has 138 valence electrons. The highest BCUT2D eigenvalue weighted by Gasteiger charge is 2.58. The summed E-state index contributed by atoms with van der Waals surface area (Å²) in [7, 11) is 1.68. The Morgan fingerprint density at radius 2 is 2.20 bits per heavy atom. The van der Waals surface area contributed by atoms with Crippen LogP contribution < -0.4 is 5.32 Å². The molecule has 2 aromatic heterocycles. The van der Waals surface area contributed by atoms with Gasteiger partial charge in [-0.25, -0.2) is 4.98 Å². The quantitative estimate of drug-likeness (QED) is 0.648. The van der Waals surface area contributed by atoms with Gasteiger partial charge in [0.05, 0.1) is 6.42 Å². The van der Waals surface area contributed by atoms with E-state index in [1.807, 2.05) is 0 Å². The summed E-state index contributed by atoms with van der Waals surface area (Å²) < 4.78 is 41.9. The van der Waals surface area contributed by atoms with E-state index in [0.717, 1.165) is 0 Å². The molecule has 2 aromatic rings. The number of hydrogen-bond donors (Lipinski definition) is 3. The van der Waals surface area contributed by atoms with Gasteiger partial charge in [-0.05, 0) is 19.1 Å². The van der Waals surface area contributed by atoms with E-state index in [1.54, 1.807) is 11.6 Å². The van der Waals surface area contributed by atoms with Gasteiger partial charge < -0.3 is 15.0 Å². The number of amides is 1. The van der Waals surface area contributed by atoms with Crippen LogP contribution in [-0.2, 0) is 23.9 Å². The number of alkyl halides is 3. The van der Waals surface area contributed by atoms with E-state index in [1.165, 1.54) is 12.3 Å². The average Bonchev–Trinajstić information content (AvgIpc) is 3.07. The fourth-order valence-electron chi connectivity index (χ4n) is 2.05. The standard InChI is InChI=1S/C13H16F3N5O2S2/c1-7-6-25-10(18-7)12(23,13(14,15)16)5-9(22)17-4-3-8-19-20-11(24)21(8)2/h6,23H,3-5H2,1-2H3,(H,17,22)(H,20,24). The van der Waals surface area contributed by atoms with E-state index in [2.05, 4.69) is 20.5 Å². The van der Waals surface area contributed by atoms with Crippen LogP contribution in [0.3, 0.4) is 0 Å². The lowest BCUT2D eigenvalue weighted by molar-refractivity contribution is -0.267. The summed E-state index contributed by atoms with van der Waals surface area (Å²) in [5.41, 5.74) is -2.98. The molecule has 7 nitrogen and oxygen atoms in total. The molecule has 1 amide bonds. The second-order valence-corrected chi connectivity index (χ2v) is 6.68. The zero-order chi connectivity index (χ0) is 18.8. The number of halogens is 3. The van der Waals surface area contributed by atoms with Crippen molar-refractivity contribution in [2.24, 2.45) is 7.05 Å². The van der Waals surface area contributed by atoms with E-state index in [-0.39, 0.29) is 13.0 Å². The van der Waals surface area contributed by atoms with Gasteiger partial charge in [0.15, 0.2) is 4.77 Å². The Bertz CT molecular complexity index is 813. The summed E-state index contributed by atoms with van der Waals surface area (Å²) in [6, 6.07) is 0. The van der Waals surface area contributed by atoms with E-state index in [4.69, 9.17) is 12.2 Å². The highest BCUT2D eigenvalue weighted by Crippen LogP contribution is 2.42. The Hall–Kier alpha value is -1.79. The summed E-state index contributed by atoms with van der Waals surface area (Å²) in [4.78, 5) is 15.6. The van der Waals surface area contributed by atoms with Crippen molar-refractivity contribution in [3.63, 3.8) is 0 Å². The van der Waals surface area contributed by atoms with Gasteiger partial charge in [-0.3, -0.25) is 9.89 Å². The lowest BCUT2D eigenvalue weighted by Gasteiger charge is -2.27. The summed E-state index contributed by atoms with van der Waals surface area (Å²) >= 11 is 5.60. The molecule has 0 saturated heterocycles. The van der Waals surface area contributed by atoms with Gasteiger partial charge >= 0.3 is 6.18 Å². The van der Waals surface area contributed by atoms with Crippen molar-refractivity contribution in [2.75, 3.05) is 6.54 Å². The predicted octanol–water partition coefficient (Wildman–Crippen LogP) is 1.74. The number of nitrogens with one attached hydrogen (secondary N) is 2. The van der Waals surface area contributed by atoms with Crippen molar-refractivity contribution in [2.45, 2.75) is 31.5 Å². The first kappa shape index (κ1) is 19.5. The first-order valence-electron chi connectivity index (χ1n) is 7.13. The van der Waals surface area contributed by atoms with Crippen molar-refractivity contribution in [1.82, 2.24) is 25.1 Å². The van der Waals surface area contributed by atoms with Gasteiger partial charge in [-0.2, -0.15) is 18.3 Å². The van der Waals surface area contributed by atoms with Crippen LogP contribution in [0, 0.1) is 11.7 Å². The summed E-state index contributed by atoms with van der Waals surface area (Å²) in [5.74, 6) is -0.392. The third-order valence-electron chi connectivity index (χ3n) is 3.50. The molecule has 2 rings (SSSR count). The minimum absolute atomic E-state index is 0.0527. The molecule has 25 heavy (non-hydrogen) atoms. The van der Waals surface area contributed by atoms with Crippen LogP contribution in [0.25, 0.3) is 0 Å². The van der Waals surface area contributed by atoms with Gasteiger partial charge in [-0.1, -0.05) is 0 Å². The second-order valence-electron chi connectivity index (χ2n) is 5.43. The number of nitrogens with zero attached hydrogens (tertiary/aromatic N) is 3. The zero-order valence-corrected chi connectivity index (χ0v) is 15.0. The fraction of sp³-hybridized carbons (Fsp3) is 0.538. The number of aryl methyl sites for hydroxylation is 1. The molecule has 0 aliphatic rings. The van der Waals surface area contributed by atoms with Gasteiger partial charge in [-0.15, -0.1) is 11.3 Å². The summed E-state index contributed by atoms with van der Waals surface area (Å²) in [5, 5.41) is 19.8. The maximum absolute atomic E-state index is 13.3.